The zero-order chi connectivity index (χ0) is 17.7. The molecule has 2 N–H and O–H groups in total. The lowest BCUT2D eigenvalue weighted by Crippen LogP contribution is -2.54. The van der Waals surface area contributed by atoms with Crippen molar-refractivity contribution in [1.29, 1.82) is 0 Å². The molecule has 1 fully saturated rings. The molecule has 1 aromatic rings. The molecule has 1 aromatic carbocycles. The number of urea groups is 1. The summed E-state index contributed by atoms with van der Waals surface area (Å²) in [5.41, 5.74) is 0.584. The molecule has 2 atom stereocenters. The Morgan fingerprint density at radius 2 is 2.12 bits per heavy atom. The zero-order valence-corrected chi connectivity index (χ0v) is 14.7. The molecule has 0 radical (unpaired) electrons. The Balaban J connectivity index is 1.99. The summed E-state index contributed by atoms with van der Waals surface area (Å²) in [6, 6.07) is 6.54. The number of benzene rings is 1. The van der Waals surface area contributed by atoms with E-state index in [4.69, 9.17) is 0 Å². The lowest BCUT2D eigenvalue weighted by Gasteiger charge is -2.37. The van der Waals surface area contributed by atoms with E-state index >= 15 is 0 Å². The number of aliphatic hydroxyl groups is 1. The molecule has 0 aromatic heterocycles. The van der Waals surface area contributed by atoms with Crippen molar-refractivity contribution in [3.8, 4) is 0 Å². The number of hydrogen-bond donors (Lipinski definition) is 2. The fourth-order valence-corrected chi connectivity index (χ4v) is 3.09. The van der Waals surface area contributed by atoms with Crippen molar-refractivity contribution in [2.45, 2.75) is 51.8 Å². The van der Waals surface area contributed by atoms with Gasteiger partial charge in [0.05, 0.1) is 11.8 Å². The fraction of sp³-hybridized carbons (Fsp3) is 0.611. The third kappa shape index (κ3) is 4.84. The van der Waals surface area contributed by atoms with E-state index in [0.29, 0.717) is 18.8 Å². The Morgan fingerprint density at radius 1 is 1.42 bits per heavy atom. The van der Waals surface area contributed by atoms with Gasteiger partial charge >= 0.3 is 6.03 Å². The van der Waals surface area contributed by atoms with Gasteiger partial charge in [-0.1, -0.05) is 12.1 Å². The number of nitrogens with zero attached hydrogens (tertiary/aromatic N) is 2. The van der Waals surface area contributed by atoms with Crippen molar-refractivity contribution in [3.63, 3.8) is 0 Å². The second-order valence-electron chi connectivity index (χ2n) is 6.78. The van der Waals surface area contributed by atoms with Crippen LogP contribution in [0.25, 0.3) is 0 Å². The van der Waals surface area contributed by atoms with Crippen LogP contribution >= 0.6 is 0 Å². The van der Waals surface area contributed by atoms with Crippen LogP contribution in [0.1, 0.15) is 33.6 Å². The predicted molar refractivity (Wildman–Crippen MR) is 93.7 cm³/mol. The average molecular weight is 337 g/mol. The van der Waals surface area contributed by atoms with Gasteiger partial charge in [-0.3, -0.25) is 0 Å². The van der Waals surface area contributed by atoms with E-state index in [1.165, 1.54) is 6.07 Å². The number of para-hydroxylation sites is 1. The van der Waals surface area contributed by atoms with Gasteiger partial charge in [0.15, 0.2) is 0 Å². The highest BCUT2D eigenvalue weighted by Gasteiger charge is 2.26. The number of carbonyl (C=O) groups excluding carboxylic acids is 1. The molecule has 1 saturated heterocycles. The summed E-state index contributed by atoms with van der Waals surface area (Å²) >= 11 is 0. The summed E-state index contributed by atoms with van der Waals surface area (Å²) in [6.07, 6.45) is 1.20. The topological polar surface area (TPSA) is 55.8 Å². The van der Waals surface area contributed by atoms with Crippen LogP contribution in [0.3, 0.4) is 0 Å². The molecule has 5 nitrogen and oxygen atoms in total. The minimum Gasteiger partial charge on any atom is -0.392 e. The maximum Gasteiger partial charge on any atom is 0.317 e. The molecule has 0 saturated carbocycles. The van der Waals surface area contributed by atoms with Gasteiger partial charge in [0, 0.05) is 31.7 Å². The minimum atomic E-state index is -0.570. The van der Waals surface area contributed by atoms with Crippen molar-refractivity contribution >= 4 is 11.7 Å². The van der Waals surface area contributed by atoms with Crippen LogP contribution in [-0.2, 0) is 0 Å². The monoisotopic (exact) mass is 337 g/mol. The zero-order valence-electron chi connectivity index (χ0n) is 14.7. The molecular weight excluding hydrogens is 309 g/mol. The van der Waals surface area contributed by atoms with E-state index in [1.54, 1.807) is 24.0 Å². The van der Waals surface area contributed by atoms with Gasteiger partial charge in [0.2, 0.25) is 0 Å². The molecule has 1 aliphatic rings. The molecule has 6 heteroatoms. The van der Waals surface area contributed by atoms with E-state index in [1.807, 2.05) is 24.8 Å². The minimum absolute atomic E-state index is 0.00543. The first kappa shape index (κ1) is 18.5. The third-order valence-corrected chi connectivity index (χ3v) is 4.29. The molecule has 0 aliphatic carbocycles. The first-order valence-corrected chi connectivity index (χ1v) is 8.63. The summed E-state index contributed by atoms with van der Waals surface area (Å²) in [5, 5.41) is 12.6. The van der Waals surface area contributed by atoms with Gasteiger partial charge in [0.1, 0.15) is 5.82 Å². The smallest absolute Gasteiger partial charge is 0.317 e. The Morgan fingerprint density at radius 3 is 2.75 bits per heavy atom. The van der Waals surface area contributed by atoms with Crippen LogP contribution in [0.2, 0.25) is 0 Å². The Labute approximate surface area is 143 Å². The second-order valence-corrected chi connectivity index (χ2v) is 6.78. The predicted octanol–water partition coefficient (Wildman–Crippen LogP) is 2.60. The summed E-state index contributed by atoms with van der Waals surface area (Å²) in [5.74, 6) is -0.234. The molecule has 0 bridgehead atoms. The van der Waals surface area contributed by atoms with Crippen molar-refractivity contribution in [1.82, 2.24) is 10.2 Å². The lowest BCUT2D eigenvalue weighted by molar-refractivity contribution is 0.117. The number of halogens is 1. The van der Waals surface area contributed by atoms with Crippen LogP contribution in [0, 0.1) is 5.82 Å². The van der Waals surface area contributed by atoms with Gasteiger partial charge in [0.25, 0.3) is 0 Å². The van der Waals surface area contributed by atoms with Crippen LogP contribution in [0.5, 0.6) is 0 Å². The Hall–Kier alpha value is -1.82. The summed E-state index contributed by atoms with van der Waals surface area (Å²) in [4.78, 5) is 16.1. The van der Waals surface area contributed by atoms with Crippen LogP contribution in [0.15, 0.2) is 24.3 Å². The second kappa shape index (κ2) is 8.33. The summed E-state index contributed by atoms with van der Waals surface area (Å²) in [6.45, 7) is 7.20. The highest BCUT2D eigenvalue weighted by Crippen LogP contribution is 2.23. The molecule has 2 rings (SSSR count). The van der Waals surface area contributed by atoms with E-state index in [9.17, 15) is 14.3 Å². The number of aliphatic hydroxyl groups excluding tert-OH is 1. The van der Waals surface area contributed by atoms with Crippen molar-refractivity contribution in [2.24, 2.45) is 0 Å². The molecule has 0 spiro atoms. The van der Waals surface area contributed by atoms with E-state index < -0.39 is 6.10 Å². The number of hydrogen-bond acceptors (Lipinski definition) is 3. The summed E-state index contributed by atoms with van der Waals surface area (Å²) < 4.78 is 14.0. The van der Waals surface area contributed by atoms with Crippen molar-refractivity contribution in [3.05, 3.63) is 30.1 Å². The molecule has 134 valence electrons. The van der Waals surface area contributed by atoms with Gasteiger partial charge in [-0.15, -0.1) is 0 Å². The Bertz CT molecular complexity index is 551. The molecular formula is C18H28FN3O2. The van der Waals surface area contributed by atoms with Gasteiger partial charge in [-0.05, 0) is 45.7 Å². The van der Waals surface area contributed by atoms with Gasteiger partial charge < -0.3 is 20.2 Å². The largest absolute Gasteiger partial charge is 0.392 e. The van der Waals surface area contributed by atoms with E-state index in [2.05, 4.69) is 5.32 Å². The van der Waals surface area contributed by atoms with Gasteiger partial charge in [-0.25, -0.2) is 9.18 Å². The van der Waals surface area contributed by atoms with Crippen LogP contribution in [0.4, 0.5) is 14.9 Å². The standard InChI is InChI=1S/C18H28FN3O2/c1-13(2)22(11-14(3)23)18(24)20-15-7-6-10-21(12-15)17-9-5-4-8-16(17)19/h4-5,8-9,13-15,23H,6-7,10-12H2,1-3H3,(H,20,24). The number of anilines is 1. The maximum absolute atomic E-state index is 14.0. The first-order valence-electron chi connectivity index (χ1n) is 8.63. The van der Waals surface area contributed by atoms with Crippen molar-refractivity contribution < 1.29 is 14.3 Å². The van der Waals surface area contributed by atoms with E-state index in [-0.39, 0.29) is 23.9 Å². The van der Waals surface area contributed by atoms with E-state index in [0.717, 1.165) is 19.4 Å². The van der Waals surface area contributed by atoms with Crippen molar-refractivity contribution in [2.75, 3.05) is 24.5 Å². The highest BCUT2D eigenvalue weighted by atomic mass is 19.1. The molecule has 2 unspecified atom stereocenters. The Kier molecular flexibility index (Phi) is 6.43. The number of amides is 2. The number of rotatable bonds is 5. The number of carbonyl (C=O) groups is 1. The van der Waals surface area contributed by atoms with Gasteiger partial charge in [-0.2, -0.15) is 0 Å². The fourth-order valence-electron chi connectivity index (χ4n) is 3.09. The molecule has 1 aliphatic heterocycles. The maximum atomic E-state index is 14.0. The number of piperidine rings is 1. The quantitative estimate of drug-likeness (QED) is 0.868. The summed E-state index contributed by atoms with van der Waals surface area (Å²) in [7, 11) is 0. The van der Waals surface area contributed by atoms with Crippen LogP contribution < -0.4 is 10.2 Å². The molecule has 24 heavy (non-hydrogen) atoms. The third-order valence-electron chi connectivity index (χ3n) is 4.29. The first-order chi connectivity index (χ1) is 11.4. The molecule has 1 heterocycles. The van der Waals surface area contributed by atoms with Crippen LogP contribution in [-0.4, -0.2) is 53.9 Å². The molecule has 2 amide bonds. The normalized spacial score (nSPS) is 19.2. The SMILES string of the molecule is CC(O)CN(C(=O)NC1CCCN(c2ccccc2F)C1)C(C)C. The lowest BCUT2D eigenvalue weighted by atomic mass is 10.0. The number of nitrogens with one attached hydrogen (secondary N) is 1. The highest BCUT2D eigenvalue weighted by molar-refractivity contribution is 5.75. The average Bonchev–Trinajstić information content (AvgIpc) is 2.52.